The van der Waals surface area contributed by atoms with E-state index in [4.69, 9.17) is 4.74 Å². The molecule has 0 aromatic heterocycles. The highest BCUT2D eigenvalue weighted by atomic mass is 16.5. The fourth-order valence-electron chi connectivity index (χ4n) is 2.80. The molecule has 1 aliphatic heterocycles. The van der Waals surface area contributed by atoms with E-state index in [1.165, 1.54) is 37.7 Å². The minimum absolute atomic E-state index is 0.148. The highest BCUT2D eigenvalue weighted by Gasteiger charge is 2.17. The third-order valence-electron chi connectivity index (χ3n) is 3.94. The fraction of sp³-hybridized carbons (Fsp3) is 0.800. The van der Waals surface area contributed by atoms with Crippen LogP contribution in [0.5, 0.6) is 0 Å². The van der Waals surface area contributed by atoms with Crippen LogP contribution in [0, 0.1) is 0 Å². The Hall–Kier alpha value is -0.870. The summed E-state index contributed by atoms with van der Waals surface area (Å²) in [6.45, 7) is 3.12. The number of hydrogen-bond acceptors (Lipinski definition) is 2. The second-order valence-electron chi connectivity index (χ2n) is 5.57. The summed E-state index contributed by atoms with van der Waals surface area (Å²) in [6, 6.07) is 0. The van der Waals surface area contributed by atoms with Gasteiger partial charge in [-0.1, -0.05) is 11.6 Å². The molecule has 0 aromatic rings. The molecule has 2 aliphatic rings. The van der Waals surface area contributed by atoms with Crippen molar-refractivity contribution in [2.75, 3.05) is 26.2 Å². The molecule has 0 saturated carbocycles. The molecule has 0 unspecified atom stereocenters. The zero-order valence-electron chi connectivity index (χ0n) is 11.8. The van der Waals surface area contributed by atoms with Gasteiger partial charge in [0.05, 0.1) is 0 Å². The van der Waals surface area contributed by atoms with E-state index in [1.807, 2.05) is 0 Å². The van der Waals surface area contributed by atoms with Gasteiger partial charge in [0.25, 0.3) is 5.91 Å². The molecule has 108 valence electrons. The Morgan fingerprint density at radius 1 is 1.42 bits per heavy atom. The van der Waals surface area contributed by atoms with E-state index in [0.29, 0.717) is 12.6 Å². The molecule has 0 radical (unpaired) electrons. The maximum absolute atomic E-state index is 11.7. The SMILES string of the molecule is O=C(C[NH2+]C[C@@H]1CCCO1)NCCC1=CCCCC1. The van der Waals surface area contributed by atoms with Crippen molar-refractivity contribution < 1.29 is 14.8 Å². The molecular formula is C15H27N2O2+. The normalized spacial score (nSPS) is 23.2. The minimum Gasteiger partial charge on any atom is -0.372 e. The standard InChI is InChI=1S/C15H26N2O2/c18-15(12-16-11-14-7-4-10-19-14)17-9-8-13-5-2-1-3-6-13/h5,14,16H,1-4,6-12H2,(H,17,18)/p+1/t14-/m0/s1. The lowest BCUT2D eigenvalue weighted by atomic mass is 9.97. The number of hydrogen-bond donors (Lipinski definition) is 2. The Bertz CT molecular complexity index is 309. The zero-order chi connectivity index (χ0) is 13.3. The lowest BCUT2D eigenvalue weighted by Crippen LogP contribution is -2.88. The van der Waals surface area contributed by atoms with E-state index in [2.05, 4.69) is 16.7 Å². The molecule has 4 heteroatoms. The molecule has 2 rings (SSSR count). The second kappa shape index (κ2) is 8.33. The Balaban J connectivity index is 1.48. The number of quaternary nitrogens is 1. The number of ether oxygens (including phenoxy) is 1. The van der Waals surface area contributed by atoms with Crippen LogP contribution in [0.3, 0.4) is 0 Å². The second-order valence-corrected chi connectivity index (χ2v) is 5.57. The first kappa shape index (κ1) is 14.5. The number of nitrogens with two attached hydrogens (primary N) is 1. The van der Waals surface area contributed by atoms with E-state index in [-0.39, 0.29) is 5.91 Å². The van der Waals surface area contributed by atoms with Crippen LogP contribution in [0.25, 0.3) is 0 Å². The Morgan fingerprint density at radius 2 is 2.37 bits per heavy atom. The number of amides is 1. The number of allylic oxidation sites excluding steroid dienone is 1. The van der Waals surface area contributed by atoms with E-state index >= 15 is 0 Å². The molecule has 1 atom stereocenters. The van der Waals surface area contributed by atoms with Crippen molar-refractivity contribution in [3.05, 3.63) is 11.6 Å². The first-order valence-corrected chi connectivity index (χ1v) is 7.72. The molecule has 4 nitrogen and oxygen atoms in total. The Labute approximate surface area is 116 Å². The van der Waals surface area contributed by atoms with Gasteiger partial charge < -0.3 is 15.4 Å². The third kappa shape index (κ3) is 5.74. The van der Waals surface area contributed by atoms with Crippen molar-refractivity contribution in [3.63, 3.8) is 0 Å². The van der Waals surface area contributed by atoms with Gasteiger partial charge in [-0.2, -0.15) is 0 Å². The monoisotopic (exact) mass is 267 g/mol. The summed E-state index contributed by atoms with van der Waals surface area (Å²) < 4.78 is 5.52. The van der Waals surface area contributed by atoms with Crippen LogP contribution in [0.2, 0.25) is 0 Å². The van der Waals surface area contributed by atoms with E-state index in [0.717, 1.165) is 32.5 Å². The van der Waals surface area contributed by atoms with Crippen molar-refractivity contribution in [2.24, 2.45) is 0 Å². The largest absolute Gasteiger partial charge is 0.372 e. The summed E-state index contributed by atoms with van der Waals surface area (Å²) in [5.74, 6) is 0.148. The zero-order valence-corrected chi connectivity index (χ0v) is 11.8. The molecule has 0 bridgehead atoms. The summed E-state index contributed by atoms with van der Waals surface area (Å²) in [5.41, 5.74) is 1.52. The predicted octanol–water partition coefficient (Wildman–Crippen LogP) is 0.735. The van der Waals surface area contributed by atoms with Gasteiger partial charge in [-0.3, -0.25) is 4.79 Å². The number of carbonyl (C=O) groups excluding carboxylic acids is 1. The van der Waals surface area contributed by atoms with Crippen molar-refractivity contribution in [1.29, 1.82) is 0 Å². The quantitative estimate of drug-likeness (QED) is 0.668. The lowest BCUT2D eigenvalue weighted by molar-refractivity contribution is -0.650. The Kier molecular flexibility index (Phi) is 6.37. The van der Waals surface area contributed by atoms with Gasteiger partial charge in [0.1, 0.15) is 12.6 Å². The van der Waals surface area contributed by atoms with Crippen molar-refractivity contribution in [2.45, 2.75) is 51.0 Å². The third-order valence-corrected chi connectivity index (χ3v) is 3.94. The summed E-state index contributed by atoms with van der Waals surface area (Å²) in [5, 5.41) is 5.06. The molecule has 0 aromatic carbocycles. The molecular weight excluding hydrogens is 240 g/mol. The summed E-state index contributed by atoms with van der Waals surface area (Å²) in [7, 11) is 0. The van der Waals surface area contributed by atoms with Gasteiger partial charge >= 0.3 is 0 Å². The topological polar surface area (TPSA) is 54.9 Å². The average molecular weight is 267 g/mol. The van der Waals surface area contributed by atoms with Crippen LogP contribution in [0.4, 0.5) is 0 Å². The van der Waals surface area contributed by atoms with Crippen LogP contribution in [-0.4, -0.2) is 38.3 Å². The molecule has 3 N–H and O–H groups in total. The van der Waals surface area contributed by atoms with Crippen LogP contribution >= 0.6 is 0 Å². The van der Waals surface area contributed by atoms with E-state index < -0.39 is 0 Å². The summed E-state index contributed by atoms with van der Waals surface area (Å²) >= 11 is 0. The van der Waals surface area contributed by atoms with Crippen LogP contribution in [-0.2, 0) is 9.53 Å². The predicted molar refractivity (Wildman–Crippen MR) is 74.8 cm³/mol. The number of carbonyl (C=O) groups is 1. The molecule has 1 aliphatic carbocycles. The summed E-state index contributed by atoms with van der Waals surface area (Å²) in [4.78, 5) is 11.7. The van der Waals surface area contributed by atoms with Crippen molar-refractivity contribution >= 4 is 5.91 Å². The maximum Gasteiger partial charge on any atom is 0.275 e. The van der Waals surface area contributed by atoms with Gasteiger partial charge in [-0.05, 0) is 44.9 Å². The van der Waals surface area contributed by atoms with Crippen LogP contribution in [0.1, 0.15) is 44.9 Å². The molecule has 1 fully saturated rings. The molecule has 1 heterocycles. The maximum atomic E-state index is 11.7. The number of rotatable bonds is 7. The molecule has 19 heavy (non-hydrogen) atoms. The lowest BCUT2D eigenvalue weighted by Gasteiger charge is -2.13. The fourth-order valence-corrected chi connectivity index (χ4v) is 2.80. The van der Waals surface area contributed by atoms with Crippen molar-refractivity contribution in [3.8, 4) is 0 Å². The average Bonchev–Trinajstić information content (AvgIpc) is 2.93. The number of nitrogens with one attached hydrogen (secondary N) is 1. The van der Waals surface area contributed by atoms with Gasteiger partial charge in [0.2, 0.25) is 0 Å². The van der Waals surface area contributed by atoms with Crippen LogP contribution in [0.15, 0.2) is 11.6 Å². The van der Waals surface area contributed by atoms with Gasteiger partial charge in [0.15, 0.2) is 6.54 Å². The first-order chi connectivity index (χ1) is 9.34. The van der Waals surface area contributed by atoms with Gasteiger partial charge in [0, 0.05) is 13.2 Å². The van der Waals surface area contributed by atoms with E-state index in [1.54, 1.807) is 0 Å². The first-order valence-electron chi connectivity index (χ1n) is 7.72. The Morgan fingerprint density at radius 3 is 3.11 bits per heavy atom. The molecule has 1 saturated heterocycles. The highest BCUT2D eigenvalue weighted by molar-refractivity contribution is 5.76. The molecule has 0 spiro atoms. The van der Waals surface area contributed by atoms with Crippen LogP contribution < -0.4 is 10.6 Å². The minimum atomic E-state index is 0.148. The van der Waals surface area contributed by atoms with Gasteiger partial charge in [-0.15, -0.1) is 0 Å². The highest BCUT2D eigenvalue weighted by Crippen LogP contribution is 2.19. The van der Waals surface area contributed by atoms with Gasteiger partial charge in [-0.25, -0.2) is 0 Å². The van der Waals surface area contributed by atoms with Crippen molar-refractivity contribution in [1.82, 2.24) is 5.32 Å². The van der Waals surface area contributed by atoms with E-state index in [9.17, 15) is 4.79 Å². The summed E-state index contributed by atoms with van der Waals surface area (Å²) in [6.07, 6.45) is 11.1. The smallest absolute Gasteiger partial charge is 0.275 e. The molecule has 1 amide bonds.